The Bertz CT molecular complexity index is 515. The monoisotopic (exact) mass is 374 g/mol. The number of likely N-dealkylation sites (N-methyl/N-ethyl adjacent to an activating group) is 1. The summed E-state index contributed by atoms with van der Waals surface area (Å²) in [7, 11) is 2.17. The van der Waals surface area contributed by atoms with Crippen molar-refractivity contribution in [3.63, 3.8) is 0 Å². The first kappa shape index (κ1) is 21.2. The summed E-state index contributed by atoms with van der Waals surface area (Å²) < 4.78 is 0. The van der Waals surface area contributed by atoms with Gasteiger partial charge in [0.05, 0.1) is 0 Å². The van der Waals surface area contributed by atoms with Crippen LogP contribution in [0.5, 0.6) is 0 Å². The second-order valence-electron chi connectivity index (χ2n) is 6.44. The molecule has 1 aromatic rings. The number of amides is 1. The Morgan fingerprint density at radius 3 is 2.67 bits per heavy atom. The van der Waals surface area contributed by atoms with Gasteiger partial charge in [-0.05, 0) is 37.7 Å². The predicted octanol–water partition coefficient (Wildman–Crippen LogP) is 1.37. The zero-order chi connectivity index (χ0) is 15.4. The first-order chi connectivity index (χ1) is 10.7. The lowest BCUT2D eigenvalue weighted by molar-refractivity contribution is 0.0939. The molecule has 0 radical (unpaired) electrons. The maximum absolute atomic E-state index is 12.3. The Balaban J connectivity index is 0.00000144. The van der Waals surface area contributed by atoms with E-state index in [0.29, 0.717) is 0 Å². The molecule has 1 amide bonds. The van der Waals surface area contributed by atoms with Gasteiger partial charge in [0.25, 0.3) is 5.91 Å². The molecule has 0 bridgehead atoms. The lowest BCUT2D eigenvalue weighted by atomic mass is 10.1. The number of nitrogens with zero attached hydrogens (tertiary/aromatic N) is 2. The summed E-state index contributed by atoms with van der Waals surface area (Å²) in [5.74, 6) is 0.0499. The molecular formula is C17H28Cl2N4O. The van der Waals surface area contributed by atoms with Crippen LogP contribution in [0.3, 0.4) is 0 Å². The Morgan fingerprint density at radius 1 is 1.25 bits per heavy atom. The van der Waals surface area contributed by atoms with Crippen LogP contribution in [0, 0.1) is 0 Å². The van der Waals surface area contributed by atoms with E-state index in [4.69, 9.17) is 0 Å². The van der Waals surface area contributed by atoms with E-state index >= 15 is 0 Å². The van der Waals surface area contributed by atoms with Crippen LogP contribution in [0.1, 0.15) is 22.3 Å². The summed E-state index contributed by atoms with van der Waals surface area (Å²) >= 11 is 0. The van der Waals surface area contributed by atoms with Crippen molar-refractivity contribution < 1.29 is 4.79 Å². The number of carbonyl (C=O) groups excluding carboxylic acids is 1. The third-order valence-electron chi connectivity index (χ3n) is 4.59. The second-order valence-corrected chi connectivity index (χ2v) is 6.44. The fourth-order valence-electron chi connectivity index (χ4n) is 3.12. The minimum atomic E-state index is 0. The normalized spacial score (nSPS) is 21.6. The van der Waals surface area contributed by atoms with Crippen molar-refractivity contribution >= 4 is 30.7 Å². The number of hydrogen-bond donors (Lipinski definition) is 2. The highest BCUT2D eigenvalue weighted by Gasteiger charge is 2.18. The average Bonchev–Trinajstić information content (AvgIpc) is 3.03. The molecule has 5 nitrogen and oxygen atoms in total. The molecule has 2 saturated heterocycles. The van der Waals surface area contributed by atoms with Crippen LogP contribution in [-0.2, 0) is 6.54 Å². The van der Waals surface area contributed by atoms with Crippen molar-refractivity contribution in [1.29, 1.82) is 0 Å². The fraction of sp³-hybridized carbons (Fsp3) is 0.588. The molecule has 0 aliphatic carbocycles. The molecule has 2 fully saturated rings. The number of benzene rings is 1. The van der Waals surface area contributed by atoms with E-state index in [1.807, 2.05) is 18.2 Å². The highest BCUT2D eigenvalue weighted by molar-refractivity contribution is 5.94. The quantitative estimate of drug-likeness (QED) is 0.835. The van der Waals surface area contributed by atoms with Gasteiger partial charge in [-0.2, -0.15) is 0 Å². The van der Waals surface area contributed by atoms with Gasteiger partial charge in [-0.25, -0.2) is 0 Å². The average molecular weight is 375 g/mol. The highest BCUT2D eigenvalue weighted by Crippen LogP contribution is 2.11. The number of carbonyl (C=O) groups is 1. The van der Waals surface area contributed by atoms with Gasteiger partial charge in [0.2, 0.25) is 0 Å². The third kappa shape index (κ3) is 5.90. The van der Waals surface area contributed by atoms with E-state index in [1.54, 1.807) is 0 Å². The van der Waals surface area contributed by atoms with E-state index in [1.165, 1.54) is 5.56 Å². The van der Waals surface area contributed by atoms with Crippen LogP contribution < -0.4 is 10.6 Å². The molecule has 24 heavy (non-hydrogen) atoms. The molecule has 3 rings (SSSR count). The molecule has 2 aliphatic rings. The van der Waals surface area contributed by atoms with Gasteiger partial charge in [0.15, 0.2) is 0 Å². The summed E-state index contributed by atoms with van der Waals surface area (Å²) in [5, 5.41) is 6.38. The zero-order valence-corrected chi connectivity index (χ0v) is 15.8. The zero-order valence-electron chi connectivity index (χ0n) is 14.2. The maximum atomic E-state index is 12.3. The van der Waals surface area contributed by atoms with E-state index in [0.717, 1.165) is 57.8 Å². The van der Waals surface area contributed by atoms with Crippen LogP contribution >= 0.6 is 24.8 Å². The largest absolute Gasteiger partial charge is 0.348 e. The van der Waals surface area contributed by atoms with E-state index < -0.39 is 0 Å². The number of nitrogens with one attached hydrogen (secondary N) is 2. The first-order valence-corrected chi connectivity index (χ1v) is 8.22. The molecule has 1 atom stereocenters. The summed E-state index contributed by atoms with van der Waals surface area (Å²) in [4.78, 5) is 17.1. The van der Waals surface area contributed by atoms with Crippen LogP contribution in [0.25, 0.3) is 0 Å². The summed E-state index contributed by atoms with van der Waals surface area (Å²) in [6, 6.07) is 8.33. The Kier molecular flexibility index (Phi) is 9.02. The lowest BCUT2D eigenvalue weighted by Crippen LogP contribution is -2.43. The van der Waals surface area contributed by atoms with Gasteiger partial charge in [-0.1, -0.05) is 12.1 Å². The van der Waals surface area contributed by atoms with Crippen molar-refractivity contribution in [2.24, 2.45) is 0 Å². The van der Waals surface area contributed by atoms with Crippen molar-refractivity contribution in [3.05, 3.63) is 35.4 Å². The molecule has 0 aromatic heterocycles. The molecule has 2 heterocycles. The van der Waals surface area contributed by atoms with Gasteiger partial charge in [0, 0.05) is 50.9 Å². The van der Waals surface area contributed by atoms with E-state index in [9.17, 15) is 4.79 Å². The number of piperazine rings is 1. The standard InChI is InChI=1S/C17H26N4O.2ClH/c1-20-7-9-21(10-8-20)13-14-3-2-4-15(11-14)17(22)19-16-5-6-18-12-16;;/h2-4,11,16,18H,5-10,12-13H2,1H3,(H,19,22);2*1H. The van der Waals surface area contributed by atoms with Gasteiger partial charge in [-0.15, -0.1) is 24.8 Å². The SMILES string of the molecule is CN1CCN(Cc2cccc(C(=O)NC3CCNC3)c2)CC1.Cl.Cl. The van der Waals surface area contributed by atoms with Crippen molar-refractivity contribution in [3.8, 4) is 0 Å². The Labute approximate surface area is 157 Å². The van der Waals surface area contributed by atoms with Crippen LogP contribution in [0.15, 0.2) is 24.3 Å². The van der Waals surface area contributed by atoms with Crippen LogP contribution in [-0.4, -0.2) is 68.1 Å². The van der Waals surface area contributed by atoms with Crippen molar-refractivity contribution in [2.75, 3.05) is 46.3 Å². The second kappa shape index (κ2) is 10.2. The first-order valence-electron chi connectivity index (χ1n) is 8.22. The minimum absolute atomic E-state index is 0. The summed E-state index contributed by atoms with van der Waals surface area (Å²) in [6.07, 6.45) is 1.02. The Hall–Kier alpha value is -0.850. The third-order valence-corrected chi connectivity index (χ3v) is 4.59. The van der Waals surface area contributed by atoms with E-state index in [2.05, 4.69) is 33.5 Å². The number of rotatable bonds is 4. The van der Waals surface area contributed by atoms with Crippen molar-refractivity contribution in [2.45, 2.75) is 19.0 Å². The molecule has 136 valence electrons. The topological polar surface area (TPSA) is 47.6 Å². The number of halogens is 2. The predicted molar refractivity (Wildman–Crippen MR) is 102 cm³/mol. The van der Waals surface area contributed by atoms with Crippen LogP contribution in [0.2, 0.25) is 0 Å². The molecular weight excluding hydrogens is 347 g/mol. The lowest BCUT2D eigenvalue weighted by Gasteiger charge is -2.32. The van der Waals surface area contributed by atoms with Gasteiger partial charge in [0.1, 0.15) is 0 Å². The molecule has 2 N–H and O–H groups in total. The Morgan fingerprint density at radius 2 is 2.00 bits per heavy atom. The number of hydrogen-bond acceptors (Lipinski definition) is 4. The van der Waals surface area contributed by atoms with Gasteiger partial charge < -0.3 is 15.5 Å². The summed E-state index contributed by atoms with van der Waals surface area (Å²) in [6.45, 7) is 7.24. The van der Waals surface area contributed by atoms with Crippen molar-refractivity contribution in [1.82, 2.24) is 20.4 Å². The molecule has 0 saturated carbocycles. The fourth-order valence-corrected chi connectivity index (χ4v) is 3.12. The minimum Gasteiger partial charge on any atom is -0.348 e. The molecule has 2 aliphatic heterocycles. The summed E-state index contributed by atoms with van der Waals surface area (Å²) in [5.41, 5.74) is 2.00. The van der Waals surface area contributed by atoms with Gasteiger partial charge >= 0.3 is 0 Å². The van der Waals surface area contributed by atoms with Crippen LogP contribution in [0.4, 0.5) is 0 Å². The molecule has 1 unspecified atom stereocenters. The molecule has 7 heteroatoms. The highest BCUT2D eigenvalue weighted by atomic mass is 35.5. The molecule has 1 aromatic carbocycles. The maximum Gasteiger partial charge on any atom is 0.251 e. The van der Waals surface area contributed by atoms with E-state index in [-0.39, 0.29) is 36.8 Å². The molecule has 0 spiro atoms. The van der Waals surface area contributed by atoms with Gasteiger partial charge in [-0.3, -0.25) is 9.69 Å². The smallest absolute Gasteiger partial charge is 0.251 e.